The predicted octanol–water partition coefficient (Wildman–Crippen LogP) is 2.72. The monoisotopic (exact) mass is 207 g/mol. The second-order valence-electron chi connectivity index (χ2n) is 2.80. The van der Waals surface area contributed by atoms with Crippen LogP contribution in [0.2, 0.25) is 0 Å². The van der Waals surface area contributed by atoms with Gasteiger partial charge in [-0.1, -0.05) is 5.16 Å². The van der Waals surface area contributed by atoms with Crippen molar-refractivity contribution in [1.82, 2.24) is 0 Å². The topological polar surface area (TPSA) is 41.8 Å². The summed E-state index contributed by atoms with van der Waals surface area (Å²) in [4.78, 5) is 0.927. The highest BCUT2D eigenvalue weighted by molar-refractivity contribution is 7.20. The Kier molecular flexibility index (Phi) is 2.37. The van der Waals surface area contributed by atoms with Crippen LogP contribution in [-0.2, 0) is 0 Å². The first-order valence-corrected chi connectivity index (χ1v) is 4.90. The van der Waals surface area contributed by atoms with E-state index >= 15 is 0 Å². The van der Waals surface area contributed by atoms with Crippen LogP contribution in [0.4, 0.5) is 0 Å². The molecule has 0 aliphatic heterocycles. The van der Waals surface area contributed by atoms with Crippen molar-refractivity contribution >= 4 is 27.6 Å². The van der Waals surface area contributed by atoms with Crippen LogP contribution in [0.25, 0.3) is 10.1 Å². The normalized spacial score (nSPS) is 11.2. The molecule has 1 N–H and O–H groups in total. The van der Waals surface area contributed by atoms with Crippen LogP contribution in [-0.4, -0.2) is 18.5 Å². The van der Waals surface area contributed by atoms with Gasteiger partial charge < -0.3 is 9.94 Å². The summed E-state index contributed by atoms with van der Waals surface area (Å²) >= 11 is 1.58. The third-order valence-electron chi connectivity index (χ3n) is 1.93. The van der Waals surface area contributed by atoms with Gasteiger partial charge in [0, 0.05) is 9.58 Å². The largest absolute Gasteiger partial charge is 0.497 e. The Labute approximate surface area is 85.2 Å². The molecule has 72 valence electrons. The molecule has 1 aromatic carbocycles. The minimum Gasteiger partial charge on any atom is -0.497 e. The van der Waals surface area contributed by atoms with Gasteiger partial charge in [0.1, 0.15) is 5.75 Å². The maximum Gasteiger partial charge on any atom is 0.119 e. The van der Waals surface area contributed by atoms with Gasteiger partial charge in [-0.05, 0) is 29.7 Å². The van der Waals surface area contributed by atoms with Crippen LogP contribution in [0.1, 0.15) is 4.88 Å². The summed E-state index contributed by atoms with van der Waals surface area (Å²) in [6.45, 7) is 0. The molecular weight excluding hydrogens is 198 g/mol. The standard InChI is InChI=1S/C10H9NO2S/c1-13-8-2-3-10-7(4-8)5-9(14-10)6-11-12/h2-6,12H,1H3/b11-6-. The third kappa shape index (κ3) is 1.56. The molecule has 0 radical (unpaired) electrons. The first kappa shape index (κ1) is 9.02. The van der Waals surface area contributed by atoms with Crippen LogP contribution >= 0.6 is 11.3 Å². The summed E-state index contributed by atoms with van der Waals surface area (Å²) in [5.41, 5.74) is 0. The molecule has 0 fully saturated rings. The fraction of sp³-hybridized carbons (Fsp3) is 0.100. The van der Waals surface area contributed by atoms with Crippen molar-refractivity contribution in [3.8, 4) is 5.75 Å². The Balaban J connectivity index is 2.54. The summed E-state index contributed by atoms with van der Waals surface area (Å²) in [5.74, 6) is 0.836. The SMILES string of the molecule is COc1ccc2sc(/C=N\O)cc2c1. The van der Waals surface area contributed by atoms with Crippen molar-refractivity contribution in [2.45, 2.75) is 0 Å². The highest BCUT2D eigenvalue weighted by Crippen LogP contribution is 2.27. The zero-order valence-electron chi connectivity index (χ0n) is 7.60. The molecule has 3 nitrogen and oxygen atoms in total. The van der Waals surface area contributed by atoms with Gasteiger partial charge in [0.2, 0.25) is 0 Å². The molecule has 0 amide bonds. The van der Waals surface area contributed by atoms with Gasteiger partial charge in [-0.15, -0.1) is 11.3 Å². The Morgan fingerprint density at radius 2 is 2.29 bits per heavy atom. The maximum atomic E-state index is 8.40. The molecule has 1 aromatic heterocycles. The molecule has 0 bridgehead atoms. The molecule has 1 heterocycles. The molecular formula is C10H9NO2S. The van der Waals surface area contributed by atoms with Crippen molar-refractivity contribution in [3.63, 3.8) is 0 Å². The molecule has 0 aliphatic rings. The number of oxime groups is 1. The molecule has 0 spiro atoms. The number of nitrogens with zero attached hydrogens (tertiary/aromatic N) is 1. The molecule has 0 saturated heterocycles. The van der Waals surface area contributed by atoms with Crippen molar-refractivity contribution in [2.24, 2.45) is 5.16 Å². The molecule has 0 atom stereocenters. The van der Waals surface area contributed by atoms with E-state index in [1.54, 1.807) is 18.4 Å². The quantitative estimate of drug-likeness (QED) is 0.467. The average molecular weight is 207 g/mol. The van der Waals surface area contributed by atoms with Crippen molar-refractivity contribution in [2.75, 3.05) is 7.11 Å². The number of benzene rings is 1. The van der Waals surface area contributed by atoms with E-state index in [0.717, 1.165) is 20.7 Å². The molecule has 0 saturated carbocycles. The molecule has 0 aliphatic carbocycles. The Morgan fingerprint density at radius 3 is 3.00 bits per heavy atom. The predicted molar refractivity (Wildman–Crippen MR) is 57.8 cm³/mol. The number of ether oxygens (including phenoxy) is 1. The molecule has 4 heteroatoms. The maximum absolute atomic E-state index is 8.40. The zero-order chi connectivity index (χ0) is 9.97. The van der Waals surface area contributed by atoms with E-state index in [4.69, 9.17) is 9.94 Å². The number of hydrogen-bond donors (Lipinski definition) is 1. The third-order valence-corrected chi connectivity index (χ3v) is 2.98. The van der Waals surface area contributed by atoms with Crippen molar-refractivity contribution in [3.05, 3.63) is 29.1 Å². The lowest BCUT2D eigenvalue weighted by Crippen LogP contribution is -1.79. The first-order chi connectivity index (χ1) is 6.83. The summed E-state index contributed by atoms with van der Waals surface area (Å²) in [7, 11) is 1.64. The number of rotatable bonds is 2. The number of hydrogen-bond acceptors (Lipinski definition) is 4. The van der Waals surface area contributed by atoms with Crippen LogP contribution in [0.5, 0.6) is 5.75 Å². The minimum absolute atomic E-state index is 0.836. The first-order valence-electron chi connectivity index (χ1n) is 4.08. The number of thiophene rings is 1. The minimum atomic E-state index is 0.836. The molecule has 2 aromatic rings. The second kappa shape index (κ2) is 3.67. The Morgan fingerprint density at radius 1 is 1.43 bits per heavy atom. The van der Waals surface area contributed by atoms with E-state index in [-0.39, 0.29) is 0 Å². The Hall–Kier alpha value is -1.55. The van der Waals surface area contributed by atoms with E-state index in [9.17, 15) is 0 Å². The van der Waals surface area contributed by atoms with Gasteiger partial charge in [0.05, 0.1) is 13.3 Å². The average Bonchev–Trinajstić information content (AvgIpc) is 2.59. The second-order valence-corrected chi connectivity index (χ2v) is 3.91. The summed E-state index contributed by atoms with van der Waals surface area (Å²) in [6, 6.07) is 7.83. The summed E-state index contributed by atoms with van der Waals surface area (Å²) < 4.78 is 6.27. The smallest absolute Gasteiger partial charge is 0.119 e. The van der Waals surface area contributed by atoms with Gasteiger partial charge in [-0.3, -0.25) is 0 Å². The van der Waals surface area contributed by atoms with E-state index in [1.807, 2.05) is 24.3 Å². The van der Waals surface area contributed by atoms with Gasteiger partial charge in [0.15, 0.2) is 0 Å². The molecule has 2 rings (SSSR count). The van der Waals surface area contributed by atoms with Crippen LogP contribution < -0.4 is 4.74 Å². The fourth-order valence-corrected chi connectivity index (χ4v) is 2.20. The highest BCUT2D eigenvalue weighted by Gasteiger charge is 2.01. The van der Waals surface area contributed by atoms with Gasteiger partial charge in [-0.25, -0.2) is 0 Å². The van der Waals surface area contributed by atoms with Crippen molar-refractivity contribution in [1.29, 1.82) is 0 Å². The van der Waals surface area contributed by atoms with Gasteiger partial charge >= 0.3 is 0 Å². The lowest BCUT2D eigenvalue weighted by molar-refractivity contribution is 0.322. The number of fused-ring (bicyclic) bond motifs is 1. The zero-order valence-corrected chi connectivity index (χ0v) is 8.41. The lowest BCUT2D eigenvalue weighted by atomic mass is 10.2. The van der Waals surface area contributed by atoms with E-state index in [1.165, 1.54) is 6.21 Å². The van der Waals surface area contributed by atoms with Gasteiger partial charge in [-0.2, -0.15) is 0 Å². The molecule has 14 heavy (non-hydrogen) atoms. The lowest BCUT2D eigenvalue weighted by Gasteiger charge is -1.97. The summed E-state index contributed by atoms with van der Waals surface area (Å²) in [5, 5.41) is 12.5. The molecule has 0 unspecified atom stereocenters. The van der Waals surface area contributed by atoms with E-state index < -0.39 is 0 Å². The number of methoxy groups -OCH3 is 1. The van der Waals surface area contributed by atoms with Crippen LogP contribution in [0.3, 0.4) is 0 Å². The van der Waals surface area contributed by atoms with E-state index in [2.05, 4.69) is 5.16 Å². The van der Waals surface area contributed by atoms with Crippen LogP contribution in [0.15, 0.2) is 29.4 Å². The Bertz CT molecular complexity index is 476. The fourth-order valence-electron chi connectivity index (χ4n) is 1.29. The van der Waals surface area contributed by atoms with Gasteiger partial charge in [0.25, 0.3) is 0 Å². The highest BCUT2D eigenvalue weighted by atomic mass is 32.1. The summed E-state index contributed by atoms with van der Waals surface area (Å²) in [6.07, 6.45) is 1.43. The van der Waals surface area contributed by atoms with Crippen molar-refractivity contribution < 1.29 is 9.94 Å². The van der Waals surface area contributed by atoms with E-state index in [0.29, 0.717) is 0 Å². The van der Waals surface area contributed by atoms with Crippen LogP contribution in [0, 0.1) is 0 Å².